The molecule has 0 bridgehead atoms. The van der Waals surface area contributed by atoms with E-state index in [4.69, 9.17) is 9.47 Å². The van der Waals surface area contributed by atoms with Crippen molar-refractivity contribution in [1.82, 2.24) is 0 Å². The smallest absolute Gasteiger partial charge is 0.302 e. The lowest BCUT2D eigenvalue weighted by atomic mass is 9.93. The highest BCUT2D eigenvalue weighted by atomic mass is 16.5. The summed E-state index contributed by atoms with van der Waals surface area (Å²) in [5.74, 6) is -0.554. The highest BCUT2D eigenvalue weighted by Gasteiger charge is 2.10. The molecule has 2 aromatic rings. The zero-order chi connectivity index (χ0) is 17.4. The summed E-state index contributed by atoms with van der Waals surface area (Å²) in [6, 6.07) is 16.9. The Balaban J connectivity index is 2.21. The van der Waals surface area contributed by atoms with Crippen molar-refractivity contribution < 1.29 is 19.1 Å². The van der Waals surface area contributed by atoms with Crippen molar-refractivity contribution in [3.63, 3.8) is 0 Å². The van der Waals surface area contributed by atoms with E-state index in [-0.39, 0.29) is 11.9 Å². The van der Waals surface area contributed by atoms with Gasteiger partial charge in [0.2, 0.25) is 0 Å². The topological polar surface area (TPSA) is 52.6 Å². The molecule has 0 unspecified atom stereocenters. The Morgan fingerprint density at radius 2 is 1.46 bits per heavy atom. The molecule has 1 radical (unpaired) electrons. The first-order valence-electron chi connectivity index (χ1n) is 7.92. The summed E-state index contributed by atoms with van der Waals surface area (Å²) in [5, 5.41) is 0. The molecule has 4 heteroatoms. The van der Waals surface area contributed by atoms with E-state index in [0.717, 1.165) is 22.3 Å². The van der Waals surface area contributed by atoms with Crippen LogP contribution >= 0.6 is 0 Å². The van der Waals surface area contributed by atoms with Gasteiger partial charge >= 0.3 is 11.9 Å². The molecule has 0 N–H and O–H groups in total. The lowest BCUT2D eigenvalue weighted by Gasteiger charge is -2.14. The number of hydrogen-bond donors (Lipinski definition) is 0. The van der Waals surface area contributed by atoms with Gasteiger partial charge in [-0.2, -0.15) is 0 Å². The fourth-order valence-electron chi connectivity index (χ4n) is 2.55. The Morgan fingerprint density at radius 3 is 2.12 bits per heavy atom. The highest BCUT2D eigenvalue weighted by molar-refractivity contribution is 5.71. The lowest BCUT2D eigenvalue weighted by molar-refractivity contribution is -0.141. The first-order chi connectivity index (χ1) is 11.6. The van der Waals surface area contributed by atoms with Crippen molar-refractivity contribution in [2.75, 3.05) is 13.2 Å². The maximum Gasteiger partial charge on any atom is 0.302 e. The molecular weight excluding hydrogens is 304 g/mol. The van der Waals surface area contributed by atoms with Crippen LogP contribution in [0.25, 0.3) is 11.1 Å². The van der Waals surface area contributed by atoms with Gasteiger partial charge in [0.05, 0.1) is 13.2 Å². The molecule has 0 atom stereocenters. The number of ether oxygens (including phenoxy) is 2. The van der Waals surface area contributed by atoms with Crippen molar-refractivity contribution in [3.8, 4) is 11.1 Å². The molecule has 125 valence electrons. The number of esters is 2. The minimum Gasteiger partial charge on any atom is -0.466 e. The van der Waals surface area contributed by atoms with Crippen LogP contribution in [-0.2, 0) is 31.9 Å². The van der Waals surface area contributed by atoms with Crippen LogP contribution in [0.1, 0.15) is 25.0 Å². The van der Waals surface area contributed by atoms with Gasteiger partial charge in [0.1, 0.15) is 0 Å². The third-order valence-electron chi connectivity index (χ3n) is 3.61. The summed E-state index contributed by atoms with van der Waals surface area (Å²) >= 11 is 0. The Morgan fingerprint density at radius 1 is 0.875 bits per heavy atom. The highest BCUT2D eigenvalue weighted by Crippen LogP contribution is 2.28. The molecule has 0 saturated carbocycles. The molecule has 24 heavy (non-hydrogen) atoms. The second kappa shape index (κ2) is 8.87. The van der Waals surface area contributed by atoms with Crippen LogP contribution in [0, 0.1) is 6.07 Å². The molecule has 0 aromatic heterocycles. The first kappa shape index (κ1) is 17.7. The number of carbonyl (C=O) groups excluding carboxylic acids is 2. The maximum absolute atomic E-state index is 10.9. The molecule has 4 nitrogen and oxygen atoms in total. The number of carbonyl (C=O) groups is 2. The molecule has 0 aliphatic heterocycles. The zero-order valence-corrected chi connectivity index (χ0v) is 14.0. The van der Waals surface area contributed by atoms with Gasteiger partial charge < -0.3 is 9.47 Å². The number of rotatable bonds is 7. The van der Waals surface area contributed by atoms with E-state index in [9.17, 15) is 9.59 Å². The van der Waals surface area contributed by atoms with Gasteiger partial charge in [0.15, 0.2) is 0 Å². The summed E-state index contributed by atoms with van der Waals surface area (Å²) < 4.78 is 10.1. The first-order valence-corrected chi connectivity index (χ1v) is 7.92. The lowest BCUT2D eigenvalue weighted by Crippen LogP contribution is -2.06. The van der Waals surface area contributed by atoms with Crippen LogP contribution in [-0.4, -0.2) is 25.2 Å². The van der Waals surface area contributed by atoms with Gasteiger partial charge in [-0.1, -0.05) is 42.5 Å². The molecule has 0 amide bonds. The molecular formula is C20H21O4. The summed E-state index contributed by atoms with van der Waals surface area (Å²) in [7, 11) is 0. The van der Waals surface area contributed by atoms with Gasteiger partial charge in [-0.3, -0.25) is 9.59 Å². The van der Waals surface area contributed by atoms with E-state index in [0.29, 0.717) is 26.1 Å². The molecule has 0 aliphatic carbocycles. The van der Waals surface area contributed by atoms with Crippen LogP contribution in [0.3, 0.4) is 0 Å². The average molecular weight is 325 g/mol. The molecule has 2 rings (SSSR count). The van der Waals surface area contributed by atoms with E-state index in [1.165, 1.54) is 13.8 Å². The monoisotopic (exact) mass is 325 g/mol. The molecule has 0 heterocycles. The Hall–Kier alpha value is -2.62. The molecule has 0 spiro atoms. The Labute approximate surface area is 142 Å². The van der Waals surface area contributed by atoms with Crippen molar-refractivity contribution in [2.24, 2.45) is 0 Å². The van der Waals surface area contributed by atoms with E-state index >= 15 is 0 Å². The van der Waals surface area contributed by atoms with Crippen LogP contribution in [0.2, 0.25) is 0 Å². The van der Waals surface area contributed by atoms with E-state index in [1.54, 1.807) is 0 Å². The minimum absolute atomic E-state index is 0.274. The van der Waals surface area contributed by atoms with Crippen molar-refractivity contribution >= 4 is 11.9 Å². The Bertz CT molecular complexity index is 645. The van der Waals surface area contributed by atoms with Gasteiger partial charge in [0.25, 0.3) is 0 Å². The third kappa shape index (κ3) is 5.23. The molecule has 0 fully saturated rings. The van der Waals surface area contributed by atoms with Crippen LogP contribution < -0.4 is 0 Å². The molecule has 2 aromatic carbocycles. The van der Waals surface area contributed by atoms with Crippen molar-refractivity contribution in [2.45, 2.75) is 26.7 Å². The average Bonchev–Trinajstić information content (AvgIpc) is 2.55. The third-order valence-corrected chi connectivity index (χ3v) is 3.61. The molecule has 0 aliphatic rings. The van der Waals surface area contributed by atoms with Gasteiger partial charge in [-0.05, 0) is 28.3 Å². The van der Waals surface area contributed by atoms with Gasteiger partial charge in [-0.25, -0.2) is 0 Å². The van der Waals surface area contributed by atoms with Crippen molar-refractivity contribution in [1.29, 1.82) is 0 Å². The largest absolute Gasteiger partial charge is 0.466 e. The predicted octanol–water partition coefficient (Wildman–Crippen LogP) is 3.36. The SMILES string of the molecule is CC(=O)OCCc1c[c]ccc1-c1ccccc1CCOC(C)=O. The normalized spacial score (nSPS) is 10.2. The quantitative estimate of drug-likeness (QED) is 0.733. The summed E-state index contributed by atoms with van der Waals surface area (Å²) in [4.78, 5) is 21.9. The van der Waals surface area contributed by atoms with Gasteiger partial charge in [-0.15, -0.1) is 0 Å². The van der Waals surface area contributed by atoms with Crippen LogP contribution in [0.5, 0.6) is 0 Å². The standard InChI is InChI=1S/C20H21O4/c1-15(21)23-13-11-17-7-3-5-9-19(17)20-10-6-4-8-18(20)12-14-24-16(2)22/h3,5-10H,11-14H2,1-2H3. The second-order valence-corrected chi connectivity index (χ2v) is 5.42. The minimum atomic E-state index is -0.279. The predicted molar refractivity (Wildman–Crippen MR) is 91.4 cm³/mol. The number of hydrogen-bond acceptors (Lipinski definition) is 4. The van der Waals surface area contributed by atoms with Gasteiger partial charge in [0, 0.05) is 26.7 Å². The Kier molecular flexibility index (Phi) is 6.55. The summed E-state index contributed by atoms with van der Waals surface area (Å²) in [6.45, 7) is 3.51. The van der Waals surface area contributed by atoms with Crippen LogP contribution in [0.15, 0.2) is 42.5 Å². The van der Waals surface area contributed by atoms with Crippen molar-refractivity contribution in [3.05, 3.63) is 59.7 Å². The fraction of sp³-hybridized carbons (Fsp3) is 0.300. The number of benzene rings is 2. The fourth-order valence-corrected chi connectivity index (χ4v) is 2.55. The summed E-state index contributed by atoms with van der Waals surface area (Å²) in [5.41, 5.74) is 4.35. The second-order valence-electron chi connectivity index (χ2n) is 5.42. The van der Waals surface area contributed by atoms with E-state index in [2.05, 4.69) is 6.07 Å². The zero-order valence-electron chi connectivity index (χ0n) is 14.0. The maximum atomic E-state index is 10.9. The molecule has 0 saturated heterocycles. The van der Waals surface area contributed by atoms with E-state index in [1.807, 2.05) is 42.5 Å². The summed E-state index contributed by atoms with van der Waals surface area (Å²) in [6.07, 6.45) is 1.28. The van der Waals surface area contributed by atoms with E-state index < -0.39 is 0 Å². The van der Waals surface area contributed by atoms with Crippen LogP contribution in [0.4, 0.5) is 0 Å².